The molecule has 1 aromatic rings. The van der Waals surface area contributed by atoms with Gasteiger partial charge in [0.1, 0.15) is 5.75 Å². The largest absolute Gasteiger partial charge is 0.493 e. The third kappa shape index (κ3) is 4.57. The van der Waals surface area contributed by atoms with Crippen molar-refractivity contribution in [3.8, 4) is 5.75 Å². The average Bonchev–Trinajstić information content (AvgIpc) is 2.29. The topological polar surface area (TPSA) is 9.23 Å². The molecule has 0 N–H and O–H groups in total. The van der Waals surface area contributed by atoms with E-state index in [9.17, 15) is 0 Å². The van der Waals surface area contributed by atoms with Gasteiger partial charge < -0.3 is 4.74 Å². The second-order valence-electron chi connectivity index (χ2n) is 3.65. The molecule has 15 heavy (non-hydrogen) atoms. The van der Waals surface area contributed by atoms with E-state index in [2.05, 4.69) is 6.92 Å². The van der Waals surface area contributed by atoms with Crippen molar-refractivity contribution in [3.63, 3.8) is 0 Å². The van der Waals surface area contributed by atoms with Crippen molar-refractivity contribution in [2.75, 3.05) is 6.61 Å². The van der Waals surface area contributed by atoms with Crippen LogP contribution in [0.3, 0.4) is 0 Å². The van der Waals surface area contributed by atoms with Crippen LogP contribution in [0.25, 0.3) is 0 Å². The Hall–Kier alpha value is -0.690. The maximum Gasteiger partial charge on any atom is 0.123 e. The molecule has 0 aromatic heterocycles. The number of ether oxygens (including phenoxy) is 1. The van der Waals surface area contributed by atoms with Crippen LogP contribution in [-0.2, 0) is 5.88 Å². The second kappa shape index (κ2) is 7.58. The van der Waals surface area contributed by atoms with Gasteiger partial charge in [0.25, 0.3) is 0 Å². The molecule has 0 aliphatic rings. The maximum atomic E-state index is 5.81. The Morgan fingerprint density at radius 3 is 2.67 bits per heavy atom. The summed E-state index contributed by atoms with van der Waals surface area (Å²) >= 11 is 5.81. The Balaban J connectivity index is 2.30. The molecule has 0 fully saturated rings. The van der Waals surface area contributed by atoms with Crippen molar-refractivity contribution in [1.82, 2.24) is 0 Å². The van der Waals surface area contributed by atoms with Crippen molar-refractivity contribution in [2.45, 2.75) is 38.5 Å². The van der Waals surface area contributed by atoms with Crippen LogP contribution in [-0.4, -0.2) is 6.61 Å². The molecule has 1 nitrogen and oxygen atoms in total. The van der Waals surface area contributed by atoms with E-state index < -0.39 is 0 Å². The van der Waals surface area contributed by atoms with Crippen LogP contribution >= 0.6 is 11.6 Å². The Morgan fingerprint density at radius 1 is 1.13 bits per heavy atom. The van der Waals surface area contributed by atoms with E-state index in [0.717, 1.165) is 24.3 Å². The second-order valence-corrected chi connectivity index (χ2v) is 3.92. The van der Waals surface area contributed by atoms with Gasteiger partial charge in [0, 0.05) is 5.56 Å². The molecule has 0 aliphatic carbocycles. The molecule has 84 valence electrons. The maximum absolute atomic E-state index is 5.81. The molecule has 0 aliphatic heterocycles. The van der Waals surface area contributed by atoms with Gasteiger partial charge >= 0.3 is 0 Å². The summed E-state index contributed by atoms with van der Waals surface area (Å²) in [5.74, 6) is 1.45. The van der Waals surface area contributed by atoms with E-state index >= 15 is 0 Å². The van der Waals surface area contributed by atoms with Gasteiger partial charge in [-0.25, -0.2) is 0 Å². The van der Waals surface area contributed by atoms with Crippen molar-refractivity contribution < 1.29 is 4.74 Å². The third-order valence-corrected chi connectivity index (χ3v) is 2.66. The van der Waals surface area contributed by atoms with Gasteiger partial charge in [-0.05, 0) is 12.5 Å². The van der Waals surface area contributed by atoms with E-state index in [1.165, 1.54) is 19.3 Å². The van der Waals surface area contributed by atoms with Crippen molar-refractivity contribution >= 4 is 11.6 Å². The quantitative estimate of drug-likeness (QED) is 0.495. The number of benzene rings is 1. The van der Waals surface area contributed by atoms with Gasteiger partial charge in [0.15, 0.2) is 0 Å². The van der Waals surface area contributed by atoms with Crippen LogP contribution in [0.5, 0.6) is 5.75 Å². The molecular formula is C13H19ClO. The van der Waals surface area contributed by atoms with Crippen LogP contribution in [0.4, 0.5) is 0 Å². The highest BCUT2D eigenvalue weighted by molar-refractivity contribution is 6.17. The highest BCUT2D eigenvalue weighted by atomic mass is 35.5. The number of rotatable bonds is 7. The lowest BCUT2D eigenvalue weighted by Crippen LogP contribution is -1.99. The molecule has 0 atom stereocenters. The molecule has 0 bridgehead atoms. The molecule has 0 unspecified atom stereocenters. The summed E-state index contributed by atoms with van der Waals surface area (Å²) < 4.78 is 5.69. The molecule has 0 amide bonds. The van der Waals surface area contributed by atoms with Crippen molar-refractivity contribution in [1.29, 1.82) is 0 Å². The van der Waals surface area contributed by atoms with E-state index in [0.29, 0.717) is 5.88 Å². The molecule has 1 rings (SSSR count). The first-order valence-corrected chi connectivity index (χ1v) is 6.18. The van der Waals surface area contributed by atoms with Gasteiger partial charge in [-0.2, -0.15) is 0 Å². The lowest BCUT2D eigenvalue weighted by molar-refractivity contribution is 0.303. The monoisotopic (exact) mass is 226 g/mol. The summed E-state index contributed by atoms with van der Waals surface area (Å²) in [4.78, 5) is 0. The fourth-order valence-corrected chi connectivity index (χ4v) is 1.69. The lowest BCUT2D eigenvalue weighted by atomic mass is 10.2. The van der Waals surface area contributed by atoms with E-state index in [1.54, 1.807) is 0 Å². The van der Waals surface area contributed by atoms with Crippen LogP contribution in [0.2, 0.25) is 0 Å². The summed E-state index contributed by atoms with van der Waals surface area (Å²) in [6, 6.07) is 7.96. The molecule has 0 saturated heterocycles. The first kappa shape index (κ1) is 12.4. The number of alkyl halides is 1. The predicted octanol–water partition coefficient (Wildman–Crippen LogP) is 4.38. The standard InChI is InChI=1S/C13H19ClO/c1-2-3-4-7-10-15-13-9-6-5-8-12(13)11-14/h5-6,8-9H,2-4,7,10-11H2,1H3. The highest BCUT2D eigenvalue weighted by Gasteiger charge is 2.00. The fraction of sp³-hybridized carbons (Fsp3) is 0.538. The SMILES string of the molecule is CCCCCCOc1ccccc1CCl. The molecule has 0 heterocycles. The van der Waals surface area contributed by atoms with Crippen LogP contribution in [0.1, 0.15) is 38.2 Å². The average molecular weight is 227 g/mol. The van der Waals surface area contributed by atoms with Gasteiger partial charge in [0.2, 0.25) is 0 Å². The number of para-hydroxylation sites is 1. The first-order valence-electron chi connectivity index (χ1n) is 5.65. The zero-order chi connectivity index (χ0) is 10.9. The highest BCUT2D eigenvalue weighted by Crippen LogP contribution is 2.19. The van der Waals surface area contributed by atoms with Crippen LogP contribution in [0.15, 0.2) is 24.3 Å². The van der Waals surface area contributed by atoms with Gasteiger partial charge in [-0.3, -0.25) is 0 Å². The lowest BCUT2D eigenvalue weighted by Gasteiger charge is -2.09. The molecular weight excluding hydrogens is 208 g/mol. The molecule has 0 saturated carbocycles. The summed E-state index contributed by atoms with van der Waals surface area (Å²) in [5, 5.41) is 0. The predicted molar refractivity (Wildman–Crippen MR) is 65.6 cm³/mol. The number of unbranched alkanes of at least 4 members (excludes halogenated alkanes) is 3. The first-order chi connectivity index (χ1) is 7.38. The molecule has 2 heteroatoms. The minimum Gasteiger partial charge on any atom is -0.493 e. The van der Waals surface area contributed by atoms with Gasteiger partial charge in [0.05, 0.1) is 12.5 Å². The Kier molecular flexibility index (Phi) is 6.26. The number of hydrogen-bond donors (Lipinski definition) is 0. The number of hydrogen-bond acceptors (Lipinski definition) is 1. The summed E-state index contributed by atoms with van der Waals surface area (Å²) in [6.45, 7) is 3.01. The zero-order valence-corrected chi connectivity index (χ0v) is 10.1. The summed E-state index contributed by atoms with van der Waals surface area (Å²) in [5.41, 5.74) is 1.08. The normalized spacial score (nSPS) is 10.3. The van der Waals surface area contributed by atoms with Crippen LogP contribution in [0, 0.1) is 0 Å². The van der Waals surface area contributed by atoms with E-state index in [4.69, 9.17) is 16.3 Å². The smallest absolute Gasteiger partial charge is 0.123 e. The van der Waals surface area contributed by atoms with E-state index in [1.807, 2.05) is 24.3 Å². The van der Waals surface area contributed by atoms with Gasteiger partial charge in [-0.15, -0.1) is 11.6 Å². The zero-order valence-electron chi connectivity index (χ0n) is 9.34. The Bertz CT molecular complexity index is 273. The van der Waals surface area contributed by atoms with Crippen molar-refractivity contribution in [3.05, 3.63) is 29.8 Å². The minimum absolute atomic E-state index is 0.519. The summed E-state index contributed by atoms with van der Waals surface area (Å²) in [7, 11) is 0. The molecule has 1 aromatic carbocycles. The number of halogens is 1. The minimum atomic E-state index is 0.519. The molecule has 0 spiro atoms. The summed E-state index contributed by atoms with van der Waals surface area (Å²) in [6.07, 6.45) is 4.93. The van der Waals surface area contributed by atoms with Crippen molar-refractivity contribution in [2.24, 2.45) is 0 Å². The Labute approximate surface area is 97.4 Å². The fourth-order valence-electron chi connectivity index (χ4n) is 1.47. The van der Waals surface area contributed by atoms with Gasteiger partial charge in [-0.1, -0.05) is 44.4 Å². The molecule has 0 radical (unpaired) electrons. The third-order valence-electron chi connectivity index (χ3n) is 2.37. The van der Waals surface area contributed by atoms with Crippen LogP contribution < -0.4 is 4.74 Å². The Morgan fingerprint density at radius 2 is 1.93 bits per heavy atom. The van der Waals surface area contributed by atoms with E-state index in [-0.39, 0.29) is 0 Å².